The Labute approximate surface area is 176 Å². The quantitative estimate of drug-likeness (QED) is 0.480. The zero-order chi connectivity index (χ0) is 20.7. The van der Waals surface area contributed by atoms with Crippen LogP contribution in [0.4, 0.5) is 0 Å². The number of para-hydroxylation sites is 1. The molecule has 4 heteroatoms. The van der Waals surface area contributed by atoms with Gasteiger partial charge < -0.3 is 14.2 Å². The summed E-state index contributed by atoms with van der Waals surface area (Å²) >= 11 is 0. The third-order valence-electron chi connectivity index (χ3n) is 5.03. The molecule has 0 aliphatic carbocycles. The van der Waals surface area contributed by atoms with E-state index in [1.54, 1.807) is 6.20 Å². The van der Waals surface area contributed by atoms with Gasteiger partial charge in [0.25, 0.3) is 0 Å². The standard InChI is InChI=1S/C20H27NO2.C5H10O/c1-4-13-23-20-15-17(10-12-21-20)18-8-6-7-9-19(18)22-14-11-16(3)5-2;1-2-4-6-5-3-1/h6-10,12,15-16H,4-5,11,13-14H2,1-3H3;1-5H2. The Morgan fingerprint density at radius 1 is 1.00 bits per heavy atom. The van der Waals surface area contributed by atoms with Crippen molar-refractivity contribution in [1.82, 2.24) is 4.98 Å². The largest absolute Gasteiger partial charge is 0.493 e. The Morgan fingerprint density at radius 3 is 2.45 bits per heavy atom. The summed E-state index contributed by atoms with van der Waals surface area (Å²) in [5, 5.41) is 0. The lowest BCUT2D eigenvalue weighted by atomic mass is 10.1. The van der Waals surface area contributed by atoms with Crippen LogP contribution in [0.1, 0.15) is 59.3 Å². The van der Waals surface area contributed by atoms with Gasteiger partial charge in [-0.2, -0.15) is 0 Å². The smallest absolute Gasteiger partial charge is 0.213 e. The minimum atomic E-state index is 0.666. The van der Waals surface area contributed by atoms with Gasteiger partial charge in [0, 0.05) is 31.0 Å². The number of pyridine rings is 1. The van der Waals surface area contributed by atoms with Crippen LogP contribution in [0.2, 0.25) is 0 Å². The molecule has 2 heterocycles. The van der Waals surface area contributed by atoms with Crippen LogP contribution in [0.5, 0.6) is 11.6 Å². The average molecular weight is 400 g/mol. The Bertz CT molecular complexity index is 674. The summed E-state index contributed by atoms with van der Waals surface area (Å²) < 4.78 is 16.7. The van der Waals surface area contributed by atoms with Gasteiger partial charge in [0.1, 0.15) is 5.75 Å². The number of nitrogens with zero attached hydrogens (tertiary/aromatic N) is 1. The molecule has 1 unspecified atom stereocenters. The summed E-state index contributed by atoms with van der Waals surface area (Å²) in [5.41, 5.74) is 2.16. The van der Waals surface area contributed by atoms with E-state index in [-0.39, 0.29) is 0 Å². The number of benzene rings is 1. The Hall–Kier alpha value is -2.07. The van der Waals surface area contributed by atoms with E-state index in [1.807, 2.05) is 30.3 Å². The molecule has 1 aliphatic heterocycles. The van der Waals surface area contributed by atoms with E-state index in [9.17, 15) is 0 Å². The molecule has 1 aromatic carbocycles. The fraction of sp³-hybridized carbons (Fsp3) is 0.560. The number of ether oxygens (including phenoxy) is 3. The molecule has 0 radical (unpaired) electrons. The fourth-order valence-corrected chi connectivity index (χ4v) is 2.95. The van der Waals surface area contributed by atoms with Crippen LogP contribution >= 0.6 is 0 Å². The summed E-state index contributed by atoms with van der Waals surface area (Å²) in [6.07, 6.45) is 8.96. The Morgan fingerprint density at radius 2 is 1.79 bits per heavy atom. The van der Waals surface area contributed by atoms with E-state index in [0.29, 0.717) is 18.4 Å². The predicted octanol–water partition coefficient (Wildman–Crippen LogP) is 6.54. The van der Waals surface area contributed by atoms with Gasteiger partial charge in [-0.25, -0.2) is 4.98 Å². The van der Waals surface area contributed by atoms with Crippen molar-refractivity contribution in [2.45, 2.75) is 59.3 Å². The summed E-state index contributed by atoms with van der Waals surface area (Å²) in [6, 6.07) is 12.1. The number of rotatable bonds is 9. The molecular formula is C25H37NO3. The normalized spacial score (nSPS) is 14.4. The highest BCUT2D eigenvalue weighted by Gasteiger charge is 2.08. The maximum absolute atomic E-state index is 6.02. The molecule has 29 heavy (non-hydrogen) atoms. The maximum atomic E-state index is 6.02. The van der Waals surface area contributed by atoms with E-state index in [2.05, 4.69) is 31.8 Å². The van der Waals surface area contributed by atoms with E-state index in [4.69, 9.17) is 14.2 Å². The van der Waals surface area contributed by atoms with E-state index in [0.717, 1.165) is 49.5 Å². The van der Waals surface area contributed by atoms with Crippen LogP contribution in [0.15, 0.2) is 42.6 Å². The molecule has 160 valence electrons. The van der Waals surface area contributed by atoms with Crippen LogP contribution in [-0.4, -0.2) is 31.4 Å². The first-order valence-corrected chi connectivity index (χ1v) is 11.1. The highest BCUT2D eigenvalue weighted by Crippen LogP contribution is 2.31. The van der Waals surface area contributed by atoms with Crippen molar-refractivity contribution in [1.29, 1.82) is 0 Å². The monoisotopic (exact) mass is 399 g/mol. The topological polar surface area (TPSA) is 40.6 Å². The number of hydrogen-bond acceptors (Lipinski definition) is 4. The average Bonchev–Trinajstić information content (AvgIpc) is 2.79. The summed E-state index contributed by atoms with van der Waals surface area (Å²) in [5.74, 6) is 2.28. The predicted molar refractivity (Wildman–Crippen MR) is 120 cm³/mol. The number of aromatic nitrogens is 1. The van der Waals surface area contributed by atoms with Crippen LogP contribution in [0.3, 0.4) is 0 Å². The highest BCUT2D eigenvalue weighted by atomic mass is 16.5. The molecule has 1 aromatic heterocycles. The van der Waals surface area contributed by atoms with Gasteiger partial charge in [-0.3, -0.25) is 0 Å². The minimum absolute atomic E-state index is 0.666. The Balaban J connectivity index is 0.000000426. The number of hydrogen-bond donors (Lipinski definition) is 0. The second kappa shape index (κ2) is 14.0. The van der Waals surface area contributed by atoms with Crippen LogP contribution in [0, 0.1) is 5.92 Å². The fourth-order valence-electron chi connectivity index (χ4n) is 2.95. The lowest BCUT2D eigenvalue weighted by molar-refractivity contribution is 0.0968. The van der Waals surface area contributed by atoms with E-state index < -0.39 is 0 Å². The first-order chi connectivity index (χ1) is 14.2. The van der Waals surface area contributed by atoms with Crippen molar-refractivity contribution in [3.05, 3.63) is 42.6 Å². The molecule has 0 bridgehead atoms. The second-order valence-corrected chi connectivity index (χ2v) is 7.55. The highest BCUT2D eigenvalue weighted by molar-refractivity contribution is 5.70. The van der Waals surface area contributed by atoms with Gasteiger partial charge in [-0.15, -0.1) is 0 Å². The van der Waals surface area contributed by atoms with Gasteiger partial charge in [0.15, 0.2) is 0 Å². The van der Waals surface area contributed by atoms with Gasteiger partial charge in [0.2, 0.25) is 5.88 Å². The molecular weight excluding hydrogens is 362 g/mol. The van der Waals surface area contributed by atoms with E-state index >= 15 is 0 Å². The molecule has 1 saturated heterocycles. The molecule has 0 spiro atoms. The molecule has 0 amide bonds. The van der Waals surface area contributed by atoms with Crippen molar-refractivity contribution >= 4 is 0 Å². The molecule has 1 atom stereocenters. The molecule has 0 N–H and O–H groups in total. The SMILES string of the molecule is C1CCOCC1.CCCOc1cc(-c2ccccc2OCCC(C)CC)ccn1. The van der Waals surface area contributed by atoms with Gasteiger partial charge in [-0.1, -0.05) is 45.4 Å². The molecule has 1 fully saturated rings. The molecule has 4 nitrogen and oxygen atoms in total. The van der Waals surface area contributed by atoms with Crippen molar-refractivity contribution in [3.8, 4) is 22.8 Å². The Kier molecular flexibility index (Phi) is 11.2. The van der Waals surface area contributed by atoms with Gasteiger partial charge >= 0.3 is 0 Å². The van der Waals surface area contributed by atoms with Gasteiger partial charge in [-0.05, 0) is 55.7 Å². The third kappa shape index (κ3) is 8.86. The minimum Gasteiger partial charge on any atom is -0.493 e. The summed E-state index contributed by atoms with van der Waals surface area (Å²) in [6.45, 7) is 9.99. The van der Waals surface area contributed by atoms with Crippen molar-refractivity contribution in [2.75, 3.05) is 26.4 Å². The second-order valence-electron chi connectivity index (χ2n) is 7.55. The van der Waals surface area contributed by atoms with Crippen molar-refractivity contribution in [3.63, 3.8) is 0 Å². The van der Waals surface area contributed by atoms with Crippen LogP contribution in [0.25, 0.3) is 11.1 Å². The van der Waals surface area contributed by atoms with Crippen LogP contribution in [-0.2, 0) is 4.74 Å². The molecule has 0 saturated carbocycles. The van der Waals surface area contributed by atoms with Crippen molar-refractivity contribution < 1.29 is 14.2 Å². The zero-order valence-corrected chi connectivity index (χ0v) is 18.4. The summed E-state index contributed by atoms with van der Waals surface area (Å²) in [4.78, 5) is 4.27. The van der Waals surface area contributed by atoms with Gasteiger partial charge in [0.05, 0.1) is 13.2 Å². The van der Waals surface area contributed by atoms with E-state index in [1.165, 1.54) is 25.7 Å². The lowest BCUT2D eigenvalue weighted by Crippen LogP contribution is -2.04. The van der Waals surface area contributed by atoms with Crippen LogP contribution < -0.4 is 9.47 Å². The van der Waals surface area contributed by atoms with Crippen molar-refractivity contribution in [2.24, 2.45) is 5.92 Å². The maximum Gasteiger partial charge on any atom is 0.213 e. The lowest BCUT2D eigenvalue weighted by Gasteiger charge is -2.14. The first kappa shape index (κ1) is 23.2. The first-order valence-electron chi connectivity index (χ1n) is 11.1. The zero-order valence-electron chi connectivity index (χ0n) is 18.4. The summed E-state index contributed by atoms with van der Waals surface area (Å²) in [7, 11) is 0. The third-order valence-corrected chi connectivity index (χ3v) is 5.03. The molecule has 2 aromatic rings. The molecule has 1 aliphatic rings. The molecule has 3 rings (SSSR count).